The van der Waals surface area contributed by atoms with E-state index in [1.165, 1.54) is 6.07 Å². The van der Waals surface area contributed by atoms with Crippen molar-refractivity contribution in [2.24, 2.45) is 0 Å². The van der Waals surface area contributed by atoms with Gasteiger partial charge in [0.15, 0.2) is 0 Å². The highest BCUT2D eigenvalue weighted by Crippen LogP contribution is 2.31. The van der Waals surface area contributed by atoms with Crippen LogP contribution in [0.1, 0.15) is 31.9 Å². The van der Waals surface area contributed by atoms with Gasteiger partial charge in [-0.2, -0.15) is 0 Å². The zero-order chi connectivity index (χ0) is 14.7. The molecule has 112 valence electrons. The van der Waals surface area contributed by atoms with Crippen LogP contribution in [0.4, 0.5) is 10.1 Å². The molecule has 3 atom stereocenters. The standard InChI is InChI=1S/C15H23FN2O2/c1-3-7-17-10(2)11-5-4-6-12(16)15(11)18-8-13(19)14(20)9-18/h4-6,10,13-14,17,19-20H,3,7-9H2,1-2H3. The molecule has 5 heteroatoms. The molecular weight excluding hydrogens is 259 g/mol. The Kier molecular flexibility index (Phi) is 4.96. The second-order valence-electron chi connectivity index (χ2n) is 5.39. The molecule has 20 heavy (non-hydrogen) atoms. The highest BCUT2D eigenvalue weighted by Gasteiger charge is 2.32. The van der Waals surface area contributed by atoms with Gasteiger partial charge in [0, 0.05) is 19.1 Å². The molecule has 1 saturated heterocycles. The van der Waals surface area contributed by atoms with Crippen molar-refractivity contribution >= 4 is 5.69 Å². The third-order valence-corrected chi connectivity index (χ3v) is 3.76. The van der Waals surface area contributed by atoms with Gasteiger partial charge in [-0.05, 0) is 31.5 Å². The molecule has 1 aromatic rings. The molecule has 1 aliphatic heterocycles. The summed E-state index contributed by atoms with van der Waals surface area (Å²) < 4.78 is 14.2. The maximum Gasteiger partial charge on any atom is 0.146 e. The first-order chi connectivity index (χ1) is 9.54. The fraction of sp³-hybridized carbons (Fsp3) is 0.600. The summed E-state index contributed by atoms with van der Waals surface area (Å²) in [5.74, 6) is -0.311. The molecular formula is C15H23FN2O2. The summed E-state index contributed by atoms with van der Waals surface area (Å²) >= 11 is 0. The Morgan fingerprint density at radius 2 is 2.00 bits per heavy atom. The van der Waals surface area contributed by atoms with E-state index in [2.05, 4.69) is 12.2 Å². The lowest BCUT2D eigenvalue weighted by molar-refractivity contribution is 0.0572. The van der Waals surface area contributed by atoms with E-state index >= 15 is 0 Å². The van der Waals surface area contributed by atoms with Crippen molar-refractivity contribution in [3.05, 3.63) is 29.6 Å². The van der Waals surface area contributed by atoms with Gasteiger partial charge in [-0.25, -0.2) is 4.39 Å². The summed E-state index contributed by atoms with van der Waals surface area (Å²) in [7, 11) is 0. The first-order valence-electron chi connectivity index (χ1n) is 7.17. The normalized spacial score (nSPS) is 24.1. The zero-order valence-electron chi connectivity index (χ0n) is 12.0. The van der Waals surface area contributed by atoms with Gasteiger partial charge in [0.1, 0.15) is 5.82 Å². The average Bonchev–Trinajstić information content (AvgIpc) is 2.75. The third kappa shape index (κ3) is 3.11. The number of anilines is 1. The number of halogens is 1. The number of hydrogen-bond acceptors (Lipinski definition) is 4. The van der Waals surface area contributed by atoms with Crippen molar-refractivity contribution in [3.63, 3.8) is 0 Å². The van der Waals surface area contributed by atoms with Gasteiger partial charge >= 0.3 is 0 Å². The minimum Gasteiger partial charge on any atom is -0.389 e. The van der Waals surface area contributed by atoms with Gasteiger partial charge in [-0.15, -0.1) is 0 Å². The molecule has 1 fully saturated rings. The van der Waals surface area contributed by atoms with Gasteiger partial charge in [-0.1, -0.05) is 19.1 Å². The second kappa shape index (κ2) is 6.52. The zero-order valence-corrected chi connectivity index (χ0v) is 12.0. The summed E-state index contributed by atoms with van der Waals surface area (Å²) in [4.78, 5) is 1.73. The monoisotopic (exact) mass is 282 g/mol. The number of para-hydroxylation sites is 1. The van der Waals surface area contributed by atoms with E-state index in [4.69, 9.17) is 0 Å². The number of nitrogens with zero attached hydrogens (tertiary/aromatic N) is 1. The summed E-state index contributed by atoms with van der Waals surface area (Å²) in [6, 6.07) is 5.03. The van der Waals surface area contributed by atoms with Crippen molar-refractivity contribution in [2.45, 2.75) is 38.5 Å². The van der Waals surface area contributed by atoms with Crippen LogP contribution in [0, 0.1) is 5.82 Å². The minimum absolute atomic E-state index is 0.0236. The Morgan fingerprint density at radius 3 is 2.60 bits per heavy atom. The van der Waals surface area contributed by atoms with Crippen LogP contribution in [0.25, 0.3) is 0 Å². The molecule has 2 rings (SSSR count). The number of benzene rings is 1. The Bertz CT molecular complexity index is 445. The van der Waals surface area contributed by atoms with E-state index in [1.807, 2.05) is 13.0 Å². The maximum atomic E-state index is 14.2. The van der Waals surface area contributed by atoms with Crippen LogP contribution in [0.3, 0.4) is 0 Å². The minimum atomic E-state index is -0.818. The van der Waals surface area contributed by atoms with Crippen molar-refractivity contribution in [1.82, 2.24) is 5.32 Å². The van der Waals surface area contributed by atoms with Crippen molar-refractivity contribution in [2.75, 3.05) is 24.5 Å². The van der Waals surface area contributed by atoms with Gasteiger partial charge in [-0.3, -0.25) is 0 Å². The van der Waals surface area contributed by atoms with Crippen LogP contribution in [-0.4, -0.2) is 42.1 Å². The number of β-amino-alcohol motifs (C(OH)–C–C–N with tert-alkyl or cyclic N) is 2. The number of nitrogens with one attached hydrogen (secondary N) is 1. The average molecular weight is 282 g/mol. The molecule has 0 radical (unpaired) electrons. The van der Waals surface area contributed by atoms with E-state index < -0.39 is 12.2 Å². The lowest BCUT2D eigenvalue weighted by Crippen LogP contribution is -2.27. The quantitative estimate of drug-likeness (QED) is 0.765. The number of aliphatic hydroxyl groups is 2. The number of aliphatic hydroxyl groups excluding tert-OH is 2. The van der Waals surface area contributed by atoms with Crippen LogP contribution in [0.2, 0.25) is 0 Å². The molecule has 1 aliphatic rings. The molecule has 1 heterocycles. The maximum absolute atomic E-state index is 14.2. The van der Waals surface area contributed by atoms with E-state index in [9.17, 15) is 14.6 Å². The van der Waals surface area contributed by atoms with Crippen LogP contribution < -0.4 is 10.2 Å². The number of rotatable bonds is 5. The largest absolute Gasteiger partial charge is 0.389 e. The van der Waals surface area contributed by atoms with Gasteiger partial charge in [0.2, 0.25) is 0 Å². The summed E-state index contributed by atoms with van der Waals surface area (Å²) in [6.07, 6.45) is -0.626. The molecule has 0 spiro atoms. The van der Waals surface area contributed by atoms with E-state index in [0.717, 1.165) is 18.5 Å². The lowest BCUT2D eigenvalue weighted by atomic mass is 10.0. The first kappa shape index (κ1) is 15.2. The highest BCUT2D eigenvalue weighted by atomic mass is 19.1. The Balaban J connectivity index is 2.27. The molecule has 0 aromatic heterocycles. The predicted octanol–water partition coefficient (Wildman–Crippen LogP) is 1.43. The molecule has 0 bridgehead atoms. The SMILES string of the molecule is CCCNC(C)c1cccc(F)c1N1CC(O)C(O)C1. The lowest BCUT2D eigenvalue weighted by Gasteiger charge is -2.25. The molecule has 0 aliphatic carbocycles. The Morgan fingerprint density at radius 1 is 1.35 bits per heavy atom. The molecule has 4 nitrogen and oxygen atoms in total. The number of hydrogen-bond donors (Lipinski definition) is 3. The molecule has 0 saturated carbocycles. The molecule has 0 amide bonds. The summed E-state index contributed by atoms with van der Waals surface area (Å²) in [5, 5.41) is 22.7. The second-order valence-corrected chi connectivity index (χ2v) is 5.39. The fourth-order valence-electron chi connectivity index (χ4n) is 2.64. The fourth-order valence-corrected chi connectivity index (χ4v) is 2.64. The molecule has 3 unspecified atom stereocenters. The Labute approximate surface area is 119 Å². The third-order valence-electron chi connectivity index (χ3n) is 3.76. The predicted molar refractivity (Wildman–Crippen MR) is 77.3 cm³/mol. The summed E-state index contributed by atoms with van der Waals surface area (Å²) in [6.45, 7) is 5.46. The highest BCUT2D eigenvalue weighted by molar-refractivity contribution is 5.57. The topological polar surface area (TPSA) is 55.7 Å². The van der Waals surface area contributed by atoms with Crippen LogP contribution in [-0.2, 0) is 0 Å². The molecule has 3 N–H and O–H groups in total. The Hall–Kier alpha value is -1.17. The van der Waals surface area contributed by atoms with Crippen LogP contribution in [0.15, 0.2) is 18.2 Å². The van der Waals surface area contributed by atoms with Crippen LogP contribution >= 0.6 is 0 Å². The van der Waals surface area contributed by atoms with Crippen molar-refractivity contribution < 1.29 is 14.6 Å². The molecule has 1 aromatic carbocycles. The van der Waals surface area contributed by atoms with Crippen molar-refractivity contribution in [3.8, 4) is 0 Å². The smallest absolute Gasteiger partial charge is 0.146 e. The van der Waals surface area contributed by atoms with E-state index in [-0.39, 0.29) is 24.9 Å². The van der Waals surface area contributed by atoms with E-state index in [1.54, 1.807) is 11.0 Å². The summed E-state index contributed by atoms with van der Waals surface area (Å²) in [5.41, 5.74) is 1.35. The van der Waals surface area contributed by atoms with Gasteiger partial charge in [0.05, 0.1) is 17.9 Å². The van der Waals surface area contributed by atoms with Crippen LogP contribution in [0.5, 0.6) is 0 Å². The van der Waals surface area contributed by atoms with Gasteiger partial charge < -0.3 is 20.4 Å². The first-order valence-corrected chi connectivity index (χ1v) is 7.17. The van der Waals surface area contributed by atoms with E-state index in [0.29, 0.717) is 5.69 Å². The van der Waals surface area contributed by atoms with Crippen molar-refractivity contribution in [1.29, 1.82) is 0 Å². The van der Waals surface area contributed by atoms with Gasteiger partial charge in [0.25, 0.3) is 0 Å².